The van der Waals surface area contributed by atoms with Gasteiger partial charge in [-0.3, -0.25) is 4.79 Å². The molecule has 2 rings (SSSR count). The molecule has 134 valence electrons. The summed E-state index contributed by atoms with van der Waals surface area (Å²) in [4.78, 5) is 12.3. The Hall–Kier alpha value is -2.70. The summed E-state index contributed by atoms with van der Waals surface area (Å²) in [6, 6.07) is 9.02. The second kappa shape index (κ2) is 7.46. The molecular formula is C18H18F3NO3. The second-order valence-corrected chi connectivity index (χ2v) is 5.56. The van der Waals surface area contributed by atoms with Crippen LogP contribution >= 0.6 is 0 Å². The summed E-state index contributed by atoms with van der Waals surface area (Å²) >= 11 is 0. The maximum Gasteiger partial charge on any atom is 0.416 e. The summed E-state index contributed by atoms with van der Waals surface area (Å²) in [7, 11) is 1.44. The SMILES string of the molecule is COc1cc(C(=O)Nc2cccc(C(F)(F)F)c2)ccc1OC(C)C. The third-order valence-electron chi connectivity index (χ3n) is 3.24. The number of hydrogen-bond donors (Lipinski definition) is 1. The van der Waals surface area contributed by atoms with Crippen LogP contribution in [0.4, 0.5) is 18.9 Å². The lowest BCUT2D eigenvalue weighted by atomic mass is 10.1. The van der Waals surface area contributed by atoms with Gasteiger partial charge in [0, 0.05) is 11.3 Å². The smallest absolute Gasteiger partial charge is 0.416 e. The van der Waals surface area contributed by atoms with Crippen LogP contribution in [0.1, 0.15) is 29.8 Å². The number of alkyl halides is 3. The molecule has 0 unspecified atom stereocenters. The number of nitrogens with one attached hydrogen (secondary N) is 1. The monoisotopic (exact) mass is 353 g/mol. The predicted octanol–water partition coefficient (Wildman–Crippen LogP) is 4.75. The van der Waals surface area contributed by atoms with E-state index in [0.29, 0.717) is 11.5 Å². The Bertz CT molecular complexity index is 757. The van der Waals surface area contributed by atoms with Crippen LogP contribution in [0, 0.1) is 0 Å². The van der Waals surface area contributed by atoms with E-state index in [0.717, 1.165) is 12.1 Å². The molecule has 0 saturated carbocycles. The zero-order valence-corrected chi connectivity index (χ0v) is 14.0. The summed E-state index contributed by atoms with van der Waals surface area (Å²) in [5.41, 5.74) is -0.532. The molecule has 0 aliphatic heterocycles. The Morgan fingerprint density at radius 3 is 2.40 bits per heavy atom. The number of carbonyl (C=O) groups excluding carboxylic acids is 1. The average molecular weight is 353 g/mol. The molecule has 0 bridgehead atoms. The molecular weight excluding hydrogens is 335 g/mol. The number of rotatable bonds is 5. The molecule has 2 aromatic rings. The molecule has 0 heterocycles. The fraction of sp³-hybridized carbons (Fsp3) is 0.278. The lowest BCUT2D eigenvalue weighted by Crippen LogP contribution is -2.14. The molecule has 0 fully saturated rings. The van der Waals surface area contributed by atoms with Crippen LogP contribution in [-0.2, 0) is 6.18 Å². The normalized spacial score (nSPS) is 11.3. The van der Waals surface area contributed by atoms with Gasteiger partial charge in [0.15, 0.2) is 11.5 Å². The Morgan fingerprint density at radius 1 is 1.08 bits per heavy atom. The molecule has 25 heavy (non-hydrogen) atoms. The van der Waals surface area contributed by atoms with Crippen LogP contribution in [0.25, 0.3) is 0 Å². The minimum absolute atomic E-state index is 0.0568. The lowest BCUT2D eigenvalue weighted by Gasteiger charge is -2.14. The van der Waals surface area contributed by atoms with Crippen molar-refractivity contribution in [2.75, 3.05) is 12.4 Å². The number of methoxy groups -OCH3 is 1. The molecule has 4 nitrogen and oxygen atoms in total. The molecule has 2 aromatic carbocycles. The highest BCUT2D eigenvalue weighted by molar-refractivity contribution is 6.04. The summed E-state index contributed by atoms with van der Waals surface area (Å²) in [6.07, 6.45) is -4.54. The molecule has 0 saturated heterocycles. The van der Waals surface area contributed by atoms with Gasteiger partial charge in [-0.05, 0) is 50.2 Å². The van der Waals surface area contributed by atoms with Crippen molar-refractivity contribution in [1.82, 2.24) is 0 Å². The van der Waals surface area contributed by atoms with Crippen molar-refractivity contribution in [3.63, 3.8) is 0 Å². The van der Waals surface area contributed by atoms with E-state index in [1.807, 2.05) is 13.8 Å². The molecule has 0 radical (unpaired) electrons. The standard InChI is InChI=1S/C18H18F3NO3/c1-11(2)25-15-8-7-12(9-16(15)24-3)17(23)22-14-6-4-5-13(10-14)18(19,20)21/h4-11H,1-3H3,(H,22,23). The van der Waals surface area contributed by atoms with E-state index in [1.54, 1.807) is 6.07 Å². The number of carbonyl (C=O) groups is 1. The summed E-state index contributed by atoms with van der Waals surface area (Å²) in [5, 5.41) is 2.45. The molecule has 0 aliphatic rings. The minimum atomic E-state index is -4.47. The Kier molecular flexibility index (Phi) is 5.56. The van der Waals surface area contributed by atoms with Crippen molar-refractivity contribution in [3.8, 4) is 11.5 Å². The first-order valence-electron chi connectivity index (χ1n) is 7.54. The Labute approximate surface area is 143 Å². The van der Waals surface area contributed by atoms with Gasteiger partial charge >= 0.3 is 6.18 Å². The quantitative estimate of drug-likeness (QED) is 0.844. The summed E-state index contributed by atoms with van der Waals surface area (Å²) < 4.78 is 49.0. The van der Waals surface area contributed by atoms with Crippen LogP contribution in [0.15, 0.2) is 42.5 Å². The zero-order valence-electron chi connectivity index (χ0n) is 14.0. The molecule has 1 amide bonds. The van der Waals surface area contributed by atoms with Crippen molar-refractivity contribution in [2.24, 2.45) is 0 Å². The molecule has 0 aromatic heterocycles. The van der Waals surface area contributed by atoms with E-state index in [2.05, 4.69) is 5.32 Å². The predicted molar refractivity (Wildman–Crippen MR) is 88.2 cm³/mol. The number of hydrogen-bond acceptors (Lipinski definition) is 3. The zero-order chi connectivity index (χ0) is 18.6. The van der Waals surface area contributed by atoms with Gasteiger partial charge in [0.25, 0.3) is 5.91 Å². The minimum Gasteiger partial charge on any atom is -0.493 e. The number of amides is 1. The summed E-state index contributed by atoms with van der Waals surface area (Å²) in [5.74, 6) is 0.298. The second-order valence-electron chi connectivity index (χ2n) is 5.56. The van der Waals surface area contributed by atoms with Gasteiger partial charge in [-0.25, -0.2) is 0 Å². The number of anilines is 1. The van der Waals surface area contributed by atoms with Crippen molar-refractivity contribution in [1.29, 1.82) is 0 Å². The van der Waals surface area contributed by atoms with Crippen LogP contribution in [-0.4, -0.2) is 19.1 Å². The molecule has 0 aliphatic carbocycles. The lowest BCUT2D eigenvalue weighted by molar-refractivity contribution is -0.137. The largest absolute Gasteiger partial charge is 0.493 e. The molecule has 1 N–H and O–H groups in total. The molecule has 0 atom stereocenters. The van der Waals surface area contributed by atoms with Gasteiger partial charge < -0.3 is 14.8 Å². The van der Waals surface area contributed by atoms with Crippen molar-refractivity contribution < 1.29 is 27.4 Å². The number of benzene rings is 2. The van der Waals surface area contributed by atoms with Crippen LogP contribution in [0.2, 0.25) is 0 Å². The van der Waals surface area contributed by atoms with Crippen molar-refractivity contribution >= 4 is 11.6 Å². The first kappa shape index (κ1) is 18.6. The van der Waals surface area contributed by atoms with E-state index in [9.17, 15) is 18.0 Å². The first-order valence-corrected chi connectivity index (χ1v) is 7.54. The summed E-state index contributed by atoms with van der Waals surface area (Å²) in [6.45, 7) is 3.71. The average Bonchev–Trinajstić information content (AvgIpc) is 2.54. The topological polar surface area (TPSA) is 47.6 Å². The van der Waals surface area contributed by atoms with E-state index in [1.165, 1.54) is 31.4 Å². The molecule has 0 spiro atoms. The number of ether oxygens (including phenoxy) is 2. The molecule has 7 heteroatoms. The third-order valence-corrected chi connectivity index (χ3v) is 3.24. The van der Waals surface area contributed by atoms with Gasteiger partial charge in [-0.1, -0.05) is 6.07 Å². The number of halogens is 3. The van der Waals surface area contributed by atoms with E-state index in [-0.39, 0.29) is 17.4 Å². The van der Waals surface area contributed by atoms with Gasteiger partial charge in [0.05, 0.1) is 18.8 Å². The van der Waals surface area contributed by atoms with E-state index >= 15 is 0 Å². The highest BCUT2D eigenvalue weighted by atomic mass is 19.4. The van der Waals surface area contributed by atoms with Gasteiger partial charge in [-0.15, -0.1) is 0 Å². The Morgan fingerprint density at radius 2 is 1.80 bits per heavy atom. The van der Waals surface area contributed by atoms with Gasteiger partial charge in [-0.2, -0.15) is 13.2 Å². The van der Waals surface area contributed by atoms with E-state index in [4.69, 9.17) is 9.47 Å². The van der Waals surface area contributed by atoms with Crippen LogP contribution in [0.5, 0.6) is 11.5 Å². The van der Waals surface area contributed by atoms with Gasteiger partial charge in [0.1, 0.15) is 0 Å². The third kappa shape index (κ3) is 4.89. The Balaban J connectivity index is 2.21. The highest BCUT2D eigenvalue weighted by Crippen LogP contribution is 2.31. The fourth-order valence-corrected chi connectivity index (χ4v) is 2.14. The van der Waals surface area contributed by atoms with Crippen molar-refractivity contribution in [2.45, 2.75) is 26.1 Å². The first-order chi connectivity index (χ1) is 11.7. The van der Waals surface area contributed by atoms with Gasteiger partial charge in [0.2, 0.25) is 0 Å². The maximum atomic E-state index is 12.7. The van der Waals surface area contributed by atoms with Crippen molar-refractivity contribution in [3.05, 3.63) is 53.6 Å². The van der Waals surface area contributed by atoms with Crippen LogP contribution in [0.3, 0.4) is 0 Å². The maximum absolute atomic E-state index is 12.7. The van der Waals surface area contributed by atoms with E-state index < -0.39 is 17.6 Å². The fourth-order valence-electron chi connectivity index (χ4n) is 2.14. The van der Waals surface area contributed by atoms with Crippen LogP contribution < -0.4 is 14.8 Å². The highest BCUT2D eigenvalue weighted by Gasteiger charge is 2.30.